The van der Waals surface area contributed by atoms with E-state index in [9.17, 15) is 0 Å². The van der Waals surface area contributed by atoms with Crippen molar-refractivity contribution in [3.63, 3.8) is 0 Å². The first-order valence-electron chi connectivity index (χ1n) is 9.85. The molecule has 1 aromatic carbocycles. The van der Waals surface area contributed by atoms with Crippen molar-refractivity contribution in [1.82, 2.24) is 9.66 Å². The Balaban J connectivity index is 1.82. The van der Waals surface area contributed by atoms with E-state index in [1.165, 1.54) is 11.3 Å². The van der Waals surface area contributed by atoms with Crippen molar-refractivity contribution in [2.75, 3.05) is 14.2 Å². The van der Waals surface area contributed by atoms with E-state index >= 15 is 0 Å². The summed E-state index contributed by atoms with van der Waals surface area (Å²) in [5, 5.41) is 6.90. The van der Waals surface area contributed by atoms with Crippen molar-refractivity contribution in [3.8, 4) is 22.8 Å². The lowest BCUT2D eigenvalue weighted by molar-refractivity contribution is 0.395. The van der Waals surface area contributed by atoms with Gasteiger partial charge in [0.25, 0.3) is 0 Å². The van der Waals surface area contributed by atoms with Crippen LogP contribution in [0.15, 0.2) is 70.4 Å². The first kappa shape index (κ1) is 20.1. The van der Waals surface area contributed by atoms with E-state index in [2.05, 4.69) is 22.5 Å². The van der Waals surface area contributed by atoms with Crippen LogP contribution < -0.4 is 14.3 Å². The third-order valence-electron chi connectivity index (χ3n) is 4.94. The third-order valence-corrected chi connectivity index (χ3v) is 5.76. The molecular weight excluding hydrogens is 396 g/mol. The Morgan fingerprint density at radius 1 is 1.20 bits per heavy atom. The van der Waals surface area contributed by atoms with Gasteiger partial charge in [-0.05, 0) is 49.4 Å². The van der Waals surface area contributed by atoms with Gasteiger partial charge in [-0.15, -0.1) is 11.3 Å². The molecule has 1 atom stereocenters. The molecule has 6 nitrogen and oxygen atoms in total. The third kappa shape index (κ3) is 4.52. The maximum absolute atomic E-state index is 5.63. The topological polar surface area (TPSA) is 61.0 Å². The van der Waals surface area contributed by atoms with Gasteiger partial charge in [-0.2, -0.15) is 5.10 Å². The predicted molar refractivity (Wildman–Crippen MR) is 121 cm³/mol. The summed E-state index contributed by atoms with van der Waals surface area (Å²) in [7, 11) is 3.31. The van der Waals surface area contributed by atoms with Crippen LogP contribution in [0.5, 0.6) is 11.5 Å². The zero-order valence-corrected chi connectivity index (χ0v) is 17.9. The number of benzene rings is 1. The molecule has 7 heteroatoms. The van der Waals surface area contributed by atoms with E-state index in [0.29, 0.717) is 5.92 Å². The summed E-state index contributed by atoms with van der Waals surface area (Å²) in [5.41, 5.74) is 2.64. The molecule has 30 heavy (non-hydrogen) atoms. The summed E-state index contributed by atoms with van der Waals surface area (Å²) in [5.74, 6) is 1.90. The number of hydrogen-bond donors (Lipinski definition) is 0. The lowest BCUT2D eigenvalue weighted by Crippen LogP contribution is -2.14. The summed E-state index contributed by atoms with van der Waals surface area (Å²) < 4.78 is 12.9. The van der Waals surface area contributed by atoms with Crippen LogP contribution in [0.2, 0.25) is 0 Å². The van der Waals surface area contributed by atoms with E-state index < -0.39 is 0 Å². The lowest BCUT2D eigenvalue weighted by atomic mass is 9.96. The van der Waals surface area contributed by atoms with Crippen molar-refractivity contribution in [2.24, 2.45) is 16.0 Å². The van der Waals surface area contributed by atoms with Crippen LogP contribution in [0.25, 0.3) is 11.3 Å². The standard InChI is InChI=1S/C23H24N4O2S/c1-28-19-10-11-20(22(13-19)29-2)21-16-30-23(26-18-9-6-12-24-15-18)27(21)25-14-17-7-4-3-5-8-17/h3-4,6,9-17H,5,7-8H2,1-2H3. The maximum Gasteiger partial charge on any atom is 0.211 e. The maximum atomic E-state index is 5.63. The fourth-order valence-corrected chi connectivity index (χ4v) is 4.18. The van der Waals surface area contributed by atoms with Gasteiger partial charge in [-0.1, -0.05) is 12.2 Å². The Hall–Kier alpha value is -3.19. The van der Waals surface area contributed by atoms with Gasteiger partial charge in [0.2, 0.25) is 4.80 Å². The second kappa shape index (κ2) is 9.54. The van der Waals surface area contributed by atoms with Crippen LogP contribution in [-0.4, -0.2) is 30.1 Å². The molecule has 0 fully saturated rings. The van der Waals surface area contributed by atoms with Crippen molar-refractivity contribution in [3.05, 3.63) is 65.1 Å². The van der Waals surface area contributed by atoms with Crippen molar-refractivity contribution >= 4 is 23.2 Å². The molecule has 3 aromatic rings. The molecule has 2 heterocycles. The smallest absolute Gasteiger partial charge is 0.211 e. The number of methoxy groups -OCH3 is 2. The highest BCUT2D eigenvalue weighted by Crippen LogP contribution is 2.33. The summed E-state index contributed by atoms with van der Waals surface area (Å²) >= 11 is 1.54. The average molecular weight is 421 g/mol. The molecule has 0 N–H and O–H groups in total. The second-order valence-corrected chi connectivity index (χ2v) is 7.75. The van der Waals surface area contributed by atoms with Gasteiger partial charge >= 0.3 is 0 Å². The van der Waals surface area contributed by atoms with Crippen molar-refractivity contribution in [1.29, 1.82) is 0 Å². The fourth-order valence-electron chi connectivity index (χ4n) is 3.33. The van der Waals surface area contributed by atoms with E-state index in [4.69, 9.17) is 19.6 Å². The minimum absolute atomic E-state index is 0.430. The molecule has 0 radical (unpaired) electrons. The van der Waals surface area contributed by atoms with Crippen LogP contribution >= 0.6 is 11.3 Å². The number of allylic oxidation sites excluding steroid dienone is 2. The minimum Gasteiger partial charge on any atom is -0.497 e. The van der Waals surface area contributed by atoms with E-state index in [-0.39, 0.29) is 0 Å². The normalized spacial score (nSPS) is 16.9. The molecule has 0 amide bonds. The first-order valence-corrected chi connectivity index (χ1v) is 10.7. The molecule has 1 aliphatic carbocycles. The number of nitrogens with zero attached hydrogens (tertiary/aromatic N) is 4. The molecule has 1 aliphatic rings. The molecule has 0 saturated heterocycles. The van der Waals surface area contributed by atoms with Gasteiger partial charge in [0.15, 0.2) is 0 Å². The quantitative estimate of drug-likeness (QED) is 0.414. The van der Waals surface area contributed by atoms with Gasteiger partial charge in [-0.3, -0.25) is 4.98 Å². The van der Waals surface area contributed by atoms with E-state index in [0.717, 1.165) is 52.5 Å². The summed E-state index contributed by atoms with van der Waals surface area (Å²) in [6.07, 6.45) is 13.2. The molecule has 154 valence electrons. The van der Waals surface area contributed by atoms with Crippen LogP contribution in [0.3, 0.4) is 0 Å². The Morgan fingerprint density at radius 2 is 2.13 bits per heavy atom. The van der Waals surface area contributed by atoms with Crippen LogP contribution in [0.1, 0.15) is 19.3 Å². The molecule has 0 aliphatic heterocycles. The number of thiazole rings is 1. The van der Waals surface area contributed by atoms with Gasteiger partial charge in [-0.25, -0.2) is 9.67 Å². The molecule has 0 saturated carbocycles. The minimum atomic E-state index is 0.430. The molecule has 2 aromatic heterocycles. The SMILES string of the molecule is COc1ccc(-c2csc(=Nc3cccnc3)n2N=CC2CC=CCC2)c(OC)c1. The summed E-state index contributed by atoms with van der Waals surface area (Å²) in [6, 6.07) is 9.60. The van der Waals surface area contributed by atoms with E-state index in [1.807, 2.05) is 41.2 Å². The van der Waals surface area contributed by atoms with Gasteiger partial charge in [0.1, 0.15) is 11.5 Å². The summed E-state index contributed by atoms with van der Waals surface area (Å²) in [6.45, 7) is 0. The first-order chi connectivity index (χ1) is 14.8. The summed E-state index contributed by atoms with van der Waals surface area (Å²) in [4.78, 5) is 9.71. The zero-order chi connectivity index (χ0) is 20.8. The highest BCUT2D eigenvalue weighted by Gasteiger charge is 2.15. The Kier molecular flexibility index (Phi) is 6.39. The number of rotatable bonds is 6. The highest BCUT2D eigenvalue weighted by atomic mass is 32.1. The highest BCUT2D eigenvalue weighted by molar-refractivity contribution is 7.07. The second-order valence-electron chi connectivity index (χ2n) is 6.91. The lowest BCUT2D eigenvalue weighted by Gasteiger charge is -2.13. The molecule has 1 unspecified atom stereocenters. The van der Waals surface area contributed by atoms with Gasteiger partial charge in [0, 0.05) is 29.4 Å². The Bertz CT molecular complexity index is 1120. The fraction of sp³-hybridized carbons (Fsp3) is 0.261. The molecular formula is C23H24N4O2S. The number of pyridine rings is 1. The number of ether oxygens (including phenoxy) is 2. The van der Waals surface area contributed by atoms with Crippen molar-refractivity contribution in [2.45, 2.75) is 19.3 Å². The zero-order valence-electron chi connectivity index (χ0n) is 17.1. The monoisotopic (exact) mass is 420 g/mol. The Morgan fingerprint density at radius 3 is 2.87 bits per heavy atom. The van der Waals surface area contributed by atoms with Crippen LogP contribution in [0, 0.1) is 5.92 Å². The number of aromatic nitrogens is 2. The van der Waals surface area contributed by atoms with Crippen LogP contribution in [0.4, 0.5) is 5.69 Å². The molecule has 4 rings (SSSR count). The van der Waals surface area contributed by atoms with E-state index in [1.54, 1.807) is 26.6 Å². The Labute approximate surface area is 179 Å². The average Bonchev–Trinajstić information content (AvgIpc) is 3.20. The molecule has 0 spiro atoms. The van der Waals surface area contributed by atoms with Gasteiger partial charge in [0.05, 0.1) is 31.8 Å². The van der Waals surface area contributed by atoms with Gasteiger partial charge < -0.3 is 9.47 Å². The van der Waals surface area contributed by atoms with Crippen molar-refractivity contribution < 1.29 is 9.47 Å². The molecule has 0 bridgehead atoms. The number of hydrogen-bond acceptors (Lipinski definition) is 6. The predicted octanol–water partition coefficient (Wildman–Crippen LogP) is 5.05. The van der Waals surface area contributed by atoms with Crippen LogP contribution in [-0.2, 0) is 0 Å². The largest absolute Gasteiger partial charge is 0.497 e.